The molecule has 2 heterocycles. The van der Waals surface area contributed by atoms with Gasteiger partial charge in [0.15, 0.2) is 11.5 Å². The number of nitrogens with one attached hydrogen (secondary N) is 1. The highest BCUT2D eigenvalue weighted by Crippen LogP contribution is 2.19. The predicted molar refractivity (Wildman–Crippen MR) is 80.7 cm³/mol. The quantitative estimate of drug-likeness (QED) is 0.743. The second-order valence-corrected chi connectivity index (χ2v) is 5.23. The number of benzene rings is 1. The third-order valence-electron chi connectivity index (χ3n) is 2.70. The number of oxazole rings is 1. The first-order valence-electron chi connectivity index (χ1n) is 6.10. The van der Waals surface area contributed by atoms with Gasteiger partial charge in [-0.2, -0.15) is 0 Å². The molecule has 1 N–H and O–H groups in total. The molecule has 4 nitrogen and oxygen atoms in total. The van der Waals surface area contributed by atoms with Gasteiger partial charge in [-0.15, -0.1) is 11.3 Å². The fourth-order valence-electron chi connectivity index (χ4n) is 1.85. The lowest BCUT2D eigenvalue weighted by Gasteiger charge is -2.00. The molecule has 1 aromatic carbocycles. The Balaban J connectivity index is 1.73. The fraction of sp³-hybridized carbons (Fsp3) is 0.0667. The maximum atomic E-state index is 11.8. The van der Waals surface area contributed by atoms with E-state index in [2.05, 4.69) is 10.3 Å². The molecule has 0 atom stereocenters. The maximum absolute atomic E-state index is 11.8. The monoisotopic (exact) mass is 284 g/mol. The summed E-state index contributed by atoms with van der Waals surface area (Å²) in [4.78, 5) is 17.1. The number of carbonyl (C=O) groups excluding carboxylic acids is 1. The number of hydrogen-bond acceptors (Lipinski definition) is 4. The van der Waals surface area contributed by atoms with Gasteiger partial charge in [-0.3, -0.25) is 4.79 Å². The van der Waals surface area contributed by atoms with Crippen LogP contribution in [0, 0.1) is 6.92 Å². The zero-order valence-electron chi connectivity index (χ0n) is 10.8. The number of nitrogens with zero attached hydrogens (tertiary/aromatic N) is 1. The summed E-state index contributed by atoms with van der Waals surface area (Å²) in [6.07, 6.45) is 3.31. The van der Waals surface area contributed by atoms with Crippen LogP contribution in [0.25, 0.3) is 17.2 Å². The molecular formula is C15H12N2O2S. The zero-order valence-corrected chi connectivity index (χ0v) is 11.6. The fourth-order valence-corrected chi connectivity index (χ4v) is 2.47. The van der Waals surface area contributed by atoms with E-state index >= 15 is 0 Å². The van der Waals surface area contributed by atoms with Crippen molar-refractivity contribution < 1.29 is 9.21 Å². The third kappa shape index (κ3) is 2.78. The first-order valence-corrected chi connectivity index (χ1v) is 6.98. The summed E-state index contributed by atoms with van der Waals surface area (Å²) in [6.45, 7) is 1.79. The van der Waals surface area contributed by atoms with Crippen molar-refractivity contribution in [2.75, 3.05) is 5.32 Å². The van der Waals surface area contributed by atoms with Crippen LogP contribution in [0.1, 0.15) is 10.8 Å². The Hall–Kier alpha value is -2.40. The molecule has 5 heteroatoms. The summed E-state index contributed by atoms with van der Waals surface area (Å²) in [6, 6.07) is 9.29. The normalized spacial score (nSPS) is 11.2. The lowest BCUT2D eigenvalue weighted by atomic mass is 10.3. The van der Waals surface area contributed by atoms with Crippen molar-refractivity contribution in [1.82, 2.24) is 4.98 Å². The molecule has 100 valence electrons. The van der Waals surface area contributed by atoms with Gasteiger partial charge >= 0.3 is 0 Å². The molecular weight excluding hydrogens is 272 g/mol. The minimum atomic E-state index is -0.169. The largest absolute Gasteiger partial charge is 0.441 e. The molecule has 20 heavy (non-hydrogen) atoms. The number of aromatic nitrogens is 1. The Labute approximate surface area is 119 Å². The molecule has 0 aliphatic rings. The van der Waals surface area contributed by atoms with Gasteiger partial charge in [0.25, 0.3) is 0 Å². The van der Waals surface area contributed by atoms with Crippen LogP contribution in [-0.2, 0) is 4.79 Å². The van der Waals surface area contributed by atoms with E-state index in [0.29, 0.717) is 11.6 Å². The van der Waals surface area contributed by atoms with E-state index in [9.17, 15) is 4.79 Å². The lowest BCUT2D eigenvalue weighted by molar-refractivity contribution is -0.111. The van der Waals surface area contributed by atoms with Gasteiger partial charge in [0.2, 0.25) is 5.91 Å². The summed E-state index contributed by atoms with van der Waals surface area (Å²) in [5.41, 5.74) is 2.16. The number of aryl methyl sites for hydroxylation is 1. The molecule has 1 amide bonds. The second kappa shape index (κ2) is 5.30. The van der Waals surface area contributed by atoms with E-state index in [0.717, 1.165) is 16.0 Å². The summed E-state index contributed by atoms with van der Waals surface area (Å²) in [5, 5.41) is 4.77. The lowest BCUT2D eigenvalue weighted by Crippen LogP contribution is -2.07. The van der Waals surface area contributed by atoms with Gasteiger partial charge in [-0.05, 0) is 35.7 Å². The number of rotatable bonds is 3. The van der Waals surface area contributed by atoms with E-state index in [1.807, 2.05) is 17.5 Å². The molecule has 3 rings (SSSR count). The topological polar surface area (TPSA) is 55.1 Å². The van der Waals surface area contributed by atoms with Gasteiger partial charge in [0.1, 0.15) is 5.52 Å². The Kier molecular flexibility index (Phi) is 3.35. The van der Waals surface area contributed by atoms with Gasteiger partial charge in [-0.1, -0.05) is 6.07 Å². The van der Waals surface area contributed by atoms with Crippen molar-refractivity contribution in [3.05, 3.63) is 52.6 Å². The summed E-state index contributed by atoms with van der Waals surface area (Å²) >= 11 is 1.59. The average Bonchev–Trinajstić information content (AvgIpc) is 3.04. The zero-order chi connectivity index (χ0) is 13.9. The minimum Gasteiger partial charge on any atom is -0.441 e. The first-order chi connectivity index (χ1) is 9.70. The standard InChI is InChI=1S/C15H12N2O2S/c1-10-16-13-9-11(4-6-14(13)19-10)17-15(18)7-5-12-3-2-8-20-12/h2-9H,1H3,(H,17,18)/b7-5+. The molecule has 0 unspecified atom stereocenters. The van der Waals surface area contributed by atoms with Crippen molar-refractivity contribution in [2.24, 2.45) is 0 Å². The first kappa shape index (κ1) is 12.6. The van der Waals surface area contributed by atoms with Gasteiger partial charge < -0.3 is 9.73 Å². The maximum Gasteiger partial charge on any atom is 0.248 e. The van der Waals surface area contributed by atoms with E-state index in [1.165, 1.54) is 6.08 Å². The molecule has 0 saturated carbocycles. The molecule has 0 radical (unpaired) electrons. The summed E-state index contributed by atoms with van der Waals surface area (Å²) in [5.74, 6) is 0.444. The van der Waals surface area contributed by atoms with Gasteiger partial charge in [0, 0.05) is 23.6 Å². The van der Waals surface area contributed by atoms with Crippen LogP contribution in [0.3, 0.4) is 0 Å². The van der Waals surface area contributed by atoms with Crippen molar-refractivity contribution in [3.63, 3.8) is 0 Å². The van der Waals surface area contributed by atoms with Gasteiger partial charge in [-0.25, -0.2) is 4.98 Å². The van der Waals surface area contributed by atoms with Crippen LogP contribution < -0.4 is 5.32 Å². The van der Waals surface area contributed by atoms with Crippen molar-refractivity contribution in [1.29, 1.82) is 0 Å². The molecule has 0 spiro atoms. The van der Waals surface area contributed by atoms with E-state index < -0.39 is 0 Å². The molecule has 0 bridgehead atoms. The predicted octanol–water partition coefficient (Wildman–Crippen LogP) is 3.85. The van der Waals surface area contributed by atoms with Crippen molar-refractivity contribution >= 4 is 40.1 Å². The molecule has 0 fully saturated rings. The summed E-state index contributed by atoms with van der Waals surface area (Å²) in [7, 11) is 0. The highest BCUT2D eigenvalue weighted by molar-refractivity contribution is 7.10. The van der Waals surface area contributed by atoms with Crippen molar-refractivity contribution in [3.8, 4) is 0 Å². The Morgan fingerprint density at radius 3 is 3.10 bits per heavy atom. The van der Waals surface area contributed by atoms with E-state index in [-0.39, 0.29) is 5.91 Å². The molecule has 3 aromatic rings. The van der Waals surface area contributed by atoms with Crippen LogP contribution in [0.5, 0.6) is 0 Å². The number of hydrogen-bond donors (Lipinski definition) is 1. The second-order valence-electron chi connectivity index (χ2n) is 4.25. The Morgan fingerprint density at radius 2 is 2.30 bits per heavy atom. The molecule has 0 aliphatic carbocycles. The number of carbonyl (C=O) groups is 1. The Morgan fingerprint density at radius 1 is 1.40 bits per heavy atom. The average molecular weight is 284 g/mol. The number of thiophene rings is 1. The molecule has 2 aromatic heterocycles. The van der Waals surface area contributed by atoms with Crippen LogP contribution in [0.2, 0.25) is 0 Å². The van der Waals surface area contributed by atoms with Crippen molar-refractivity contribution in [2.45, 2.75) is 6.92 Å². The molecule has 0 saturated heterocycles. The number of amides is 1. The SMILES string of the molecule is Cc1nc2cc(NC(=O)/C=C/c3cccs3)ccc2o1. The van der Waals surface area contributed by atoms with Crippen LogP contribution in [0.15, 0.2) is 46.2 Å². The third-order valence-corrected chi connectivity index (χ3v) is 3.54. The van der Waals surface area contributed by atoms with Gasteiger partial charge in [0.05, 0.1) is 0 Å². The Bertz CT molecular complexity index is 772. The minimum absolute atomic E-state index is 0.169. The number of fused-ring (bicyclic) bond motifs is 1. The van der Waals surface area contributed by atoms with Crippen LogP contribution >= 0.6 is 11.3 Å². The van der Waals surface area contributed by atoms with E-state index in [1.54, 1.807) is 42.5 Å². The summed E-state index contributed by atoms with van der Waals surface area (Å²) < 4.78 is 5.39. The molecule has 0 aliphatic heterocycles. The number of anilines is 1. The smallest absolute Gasteiger partial charge is 0.248 e. The van der Waals surface area contributed by atoms with E-state index in [4.69, 9.17) is 4.42 Å². The van der Waals surface area contributed by atoms with Crippen LogP contribution in [0.4, 0.5) is 5.69 Å². The highest BCUT2D eigenvalue weighted by atomic mass is 32.1. The van der Waals surface area contributed by atoms with Crippen LogP contribution in [-0.4, -0.2) is 10.9 Å². The highest BCUT2D eigenvalue weighted by Gasteiger charge is 2.04.